The van der Waals surface area contributed by atoms with E-state index in [-0.39, 0.29) is 23.7 Å². The maximum Gasteiger partial charge on any atom is 0.303 e. The predicted molar refractivity (Wildman–Crippen MR) is 130 cm³/mol. The Hall–Kier alpha value is -4.25. The van der Waals surface area contributed by atoms with Gasteiger partial charge in [0.15, 0.2) is 0 Å². The van der Waals surface area contributed by atoms with Gasteiger partial charge in [-0.05, 0) is 73.2 Å². The summed E-state index contributed by atoms with van der Waals surface area (Å²) in [5.41, 5.74) is 4.04. The van der Waals surface area contributed by atoms with E-state index in [4.69, 9.17) is 9.84 Å². The number of nitrogens with one attached hydrogen (secondary N) is 1. The quantitative estimate of drug-likeness (QED) is 0.463. The minimum atomic E-state index is -0.872. The summed E-state index contributed by atoms with van der Waals surface area (Å²) in [4.78, 5) is 28.1. The Kier molecular flexibility index (Phi) is 6.15. The van der Waals surface area contributed by atoms with E-state index in [1.54, 1.807) is 24.3 Å². The number of aromatic nitrogens is 1. The van der Waals surface area contributed by atoms with Crippen molar-refractivity contribution < 1.29 is 23.8 Å². The largest absolute Gasteiger partial charge is 0.493 e. The second-order valence-electron chi connectivity index (χ2n) is 9.31. The van der Waals surface area contributed by atoms with E-state index >= 15 is 0 Å². The number of anilines is 1. The van der Waals surface area contributed by atoms with Crippen LogP contribution in [0.15, 0.2) is 54.7 Å². The minimum Gasteiger partial charge on any atom is -0.493 e. The normalized spacial score (nSPS) is 19.6. The third kappa shape index (κ3) is 4.52. The number of amides is 1. The zero-order chi connectivity index (χ0) is 25.3. The van der Waals surface area contributed by atoms with Gasteiger partial charge >= 0.3 is 5.97 Å². The fourth-order valence-electron chi connectivity index (χ4n) is 5.10. The smallest absolute Gasteiger partial charge is 0.303 e. The lowest BCUT2D eigenvalue weighted by Gasteiger charge is -2.27. The second-order valence-corrected chi connectivity index (χ2v) is 9.31. The van der Waals surface area contributed by atoms with Crippen molar-refractivity contribution in [2.45, 2.75) is 37.5 Å². The number of pyridine rings is 1. The number of benzene rings is 2. The third-order valence-corrected chi connectivity index (χ3v) is 7.11. The Bertz CT molecular complexity index is 1380. The van der Waals surface area contributed by atoms with E-state index in [2.05, 4.69) is 16.4 Å². The molecule has 2 N–H and O–H groups in total. The molecular formula is C28H24FN3O4. The Morgan fingerprint density at radius 2 is 2.03 bits per heavy atom. The molecule has 8 heteroatoms. The van der Waals surface area contributed by atoms with Crippen LogP contribution in [0.5, 0.6) is 5.75 Å². The number of halogens is 1. The van der Waals surface area contributed by atoms with Gasteiger partial charge in [-0.1, -0.05) is 12.1 Å². The molecule has 1 aromatic heterocycles. The van der Waals surface area contributed by atoms with Crippen molar-refractivity contribution in [1.29, 1.82) is 5.26 Å². The summed E-state index contributed by atoms with van der Waals surface area (Å²) in [5, 5.41) is 21.3. The van der Waals surface area contributed by atoms with Crippen LogP contribution in [-0.4, -0.2) is 28.6 Å². The standard InChI is InChI=1S/C28H24FN3O4/c29-25-9-7-20(16-31-25)19-6-8-24-21(13-19)28(10-11-36-24)14-22(28)27(35)32-23-12-17(15-30)4-5-18(23)2-1-3-26(33)34/h4-9,12-13,16,22H,1-3,10-11,14H2,(H,32,35)(H,33,34)/t22-,28-/m0/s1. The van der Waals surface area contributed by atoms with Crippen LogP contribution in [0.25, 0.3) is 11.1 Å². The van der Waals surface area contributed by atoms with Crippen molar-refractivity contribution >= 4 is 17.6 Å². The van der Waals surface area contributed by atoms with Crippen molar-refractivity contribution in [3.63, 3.8) is 0 Å². The summed E-state index contributed by atoms with van der Waals surface area (Å²) in [5.74, 6) is -1.07. The summed E-state index contributed by atoms with van der Waals surface area (Å²) in [7, 11) is 0. The first-order valence-corrected chi connectivity index (χ1v) is 11.8. The molecule has 0 bridgehead atoms. The van der Waals surface area contributed by atoms with E-state index < -0.39 is 11.9 Å². The number of aliphatic carboxylic acids is 1. The molecule has 2 aromatic carbocycles. The maximum absolute atomic E-state index is 13.4. The van der Waals surface area contributed by atoms with E-state index in [0.717, 1.165) is 28.0 Å². The number of rotatable bonds is 7. The highest BCUT2D eigenvalue weighted by atomic mass is 19.1. The number of nitrogens with zero attached hydrogens (tertiary/aromatic N) is 2. The average molecular weight is 486 g/mol. The van der Waals surface area contributed by atoms with Gasteiger partial charge in [-0.3, -0.25) is 9.59 Å². The lowest BCUT2D eigenvalue weighted by atomic mass is 9.85. The molecule has 5 rings (SSSR count). The minimum absolute atomic E-state index is 0.0296. The number of hydrogen-bond donors (Lipinski definition) is 2. The summed E-state index contributed by atoms with van der Waals surface area (Å²) in [6.45, 7) is 0.512. The molecule has 1 saturated carbocycles. The molecule has 36 heavy (non-hydrogen) atoms. The van der Waals surface area contributed by atoms with Crippen molar-refractivity contribution in [2.75, 3.05) is 11.9 Å². The lowest BCUT2D eigenvalue weighted by Crippen LogP contribution is -2.27. The number of nitriles is 1. The van der Waals surface area contributed by atoms with Crippen LogP contribution in [-0.2, 0) is 21.4 Å². The first-order chi connectivity index (χ1) is 17.4. The number of aryl methyl sites for hydroxylation is 1. The van der Waals surface area contributed by atoms with Crippen molar-refractivity contribution in [3.8, 4) is 22.9 Å². The highest BCUT2D eigenvalue weighted by Crippen LogP contribution is 2.61. The summed E-state index contributed by atoms with van der Waals surface area (Å²) in [6.07, 6.45) is 3.80. The summed E-state index contributed by atoms with van der Waals surface area (Å²) >= 11 is 0. The van der Waals surface area contributed by atoms with Gasteiger partial charge in [0.05, 0.1) is 18.2 Å². The number of carboxylic acids is 1. The molecule has 1 fully saturated rings. The van der Waals surface area contributed by atoms with E-state index in [0.29, 0.717) is 43.5 Å². The molecule has 2 heterocycles. The van der Waals surface area contributed by atoms with Crippen LogP contribution in [0.4, 0.5) is 10.1 Å². The summed E-state index contributed by atoms with van der Waals surface area (Å²) in [6, 6.07) is 16.0. The van der Waals surface area contributed by atoms with Crippen LogP contribution in [0, 0.1) is 23.2 Å². The number of ether oxygens (including phenoxy) is 1. The zero-order valence-electron chi connectivity index (χ0n) is 19.5. The molecule has 0 radical (unpaired) electrons. The Morgan fingerprint density at radius 3 is 2.78 bits per heavy atom. The first-order valence-electron chi connectivity index (χ1n) is 11.8. The van der Waals surface area contributed by atoms with Gasteiger partial charge in [0, 0.05) is 40.8 Å². The number of hydrogen-bond acceptors (Lipinski definition) is 5. The molecule has 1 aliphatic carbocycles. The van der Waals surface area contributed by atoms with Crippen molar-refractivity contribution in [1.82, 2.24) is 4.98 Å². The molecule has 1 aliphatic heterocycles. The van der Waals surface area contributed by atoms with Crippen molar-refractivity contribution in [2.24, 2.45) is 5.92 Å². The molecule has 1 spiro atoms. The van der Waals surface area contributed by atoms with Gasteiger partial charge in [0.25, 0.3) is 0 Å². The van der Waals surface area contributed by atoms with E-state index in [1.165, 1.54) is 12.3 Å². The summed E-state index contributed by atoms with van der Waals surface area (Å²) < 4.78 is 19.2. The Balaban J connectivity index is 1.39. The molecule has 0 unspecified atom stereocenters. The van der Waals surface area contributed by atoms with Crippen LogP contribution in [0.1, 0.15) is 42.4 Å². The van der Waals surface area contributed by atoms with Gasteiger partial charge in [0.2, 0.25) is 11.9 Å². The topological polar surface area (TPSA) is 112 Å². The van der Waals surface area contributed by atoms with E-state index in [9.17, 15) is 19.2 Å². The number of fused-ring (bicyclic) bond motifs is 2. The molecule has 1 amide bonds. The average Bonchev–Trinajstić information content (AvgIpc) is 3.60. The maximum atomic E-state index is 13.4. The molecule has 2 atom stereocenters. The van der Waals surface area contributed by atoms with E-state index in [1.807, 2.05) is 18.2 Å². The Labute approximate surface area is 207 Å². The number of carbonyl (C=O) groups is 2. The molecule has 3 aromatic rings. The monoisotopic (exact) mass is 485 g/mol. The first kappa shape index (κ1) is 23.5. The SMILES string of the molecule is N#Cc1ccc(CCCC(=O)O)c(NC(=O)[C@@H]2C[C@]23CCOc2ccc(-c4ccc(F)nc4)cc23)c1. The predicted octanol–water partition coefficient (Wildman–Crippen LogP) is 4.85. The molecular weight excluding hydrogens is 461 g/mol. The van der Waals surface area contributed by atoms with Gasteiger partial charge < -0.3 is 15.2 Å². The van der Waals surface area contributed by atoms with Gasteiger partial charge in [0.1, 0.15) is 5.75 Å². The van der Waals surface area contributed by atoms with Crippen molar-refractivity contribution in [3.05, 3.63) is 77.4 Å². The van der Waals surface area contributed by atoms with Gasteiger partial charge in [-0.25, -0.2) is 4.98 Å². The highest BCUT2D eigenvalue weighted by Gasteiger charge is 2.61. The number of carboxylic acid groups (broad SMARTS) is 1. The van der Waals surface area contributed by atoms with Crippen LogP contribution in [0.3, 0.4) is 0 Å². The second kappa shape index (κ2) is 9.42. The fraction of sp³-hybridized carbons (Fsp3) is 0.286. The van der Waals surface area contributed by atoms with Gasteiger partial charge in [-0.15, -0.1) is 0 Å². The molecule has 2 aliphatic rings. The molecule has 182 valence electrons. The van der Waals surface area contributed by atoms with Crippen LogP contribution >= 0.6 is 0 Å². The van der Waals surface area contributed by atoms with Crippen LogP contribution in [0.2, 0.25) is 0 Å². The molecule has 7 nitrogen and oxygen atoms in total. The third-order valence-electron chi connectivity index (χ3n) is 7.11. The Morgan fingerprint density at radius 1 is 1.19 bits per heavy atom. The zero-order valence-corrected chi connectivity index (χ0v) is 19.5. The highest BCUT2D eigenvalue weighted by molar-refractivity contribution is 5.97. The van der Waals surface area contributed by atoms with Gasteiger partial charge in [-0.2, -0.15) is 9.65 Å². The fourth-order valence-corrected chi connectivity index (χ4v) is 5.10. The van der Waals surface area contributed by atoms with Crippen LogP contribution < -0.4 is 10.1 Å². The lowest BCUT2D eigenvalue weighted by molar-refractivity contribution is -0.137. The number of carbonyl (C=O) groups excluding carboxylic acids is 1. The molecule has 0 saturated heterocycles.